The predicted octanol–water partition coefficient (Wildman–Crippen LogP) is 2.23. The van der Waals surface area contributed by atoms with Crippen LogP contribution < -0.4 is 0 Å². The molecule has 2 heterocycles. The molecule has 74 valence electrons. The highest BCUT2D eigenvalue weighted by Gasteiger charge is 2.09. The van der Waals surface area contributed by atoms with Crippen LogP contribution in [0.15, 0.2) is 41.0 Å². The van der Waals surface area contributed by atoms with Crippen molar-refractivity contribution in [2.45, 2.75) is 0 Å². The molecule has 0 spiro atoms. The van der Waals surface area contributed by atoms with E-state index < -0.39 is 0 Å². The largest absolute Gasteiger partial charge is 0.464 e. The predicted molar refractivity (Wildman–Crippen MR) is 56.2 cm³/mol. The summed E-state index contributed by atoms with van der Waals surface area (Å²) in [6, 6.07) is 9.73. The van der Waals surface area contributed by atoms with Crippen LogP contribution in [0.2, 0.25) is 0 Å². The molecule has 0 atom stereocenters. The van der Waals surface area contributed by atoms with Crippen molar-refractivity contribution in [1.29, 1.82) is 0 Å². The molecule has 0 bridgehead atoms. The van der Waals surface area contributed by atoms with Crippen molar-refractivity contribution in [2.24, 2.45) is 7.05 Å². The average molecular weight is 199 g/mol. The fourth-order valence-electron chi connectivity index (χ4n) is 1.69. The lowest BCUT2D eigenvalue weighted by Gasteiger charge is -1.97. The first-order chi connectivity index (χ1) is 7.36. The van der Waals surface area contributed by atoms with E-state index >= 15 is 0 Å². The Hall–Kier alpha value is -2.10. The van der Waals surface area contributed by atoms with E-state index in [0.717, 1.165) is 22.4 Å². The molecule has 4 nitrogen and oxygen atoms in total. The van der Waals surface area contributed by atoms with Crippen molar-refractivity contribution in [1.82, 2.24) is 15.0 Å². The average Bonchev–Trinajstić information content (AvgIpc) is 2.88. The Morgan fingerprint density at radius 3 is 2.93 bits per heavy atom. The van der Waals surface area contributed by atoms with Crippen LogP contribution in [0, 0.1) is 0 Å². The number of rotatable bonds is 1. The van der Waals surface area contributed by atoms with Gasteiger partial charge in [0.1, 0.15) is 11.3 Å². The van der Waals surface area contributed by atoms with Gasteiger partial charge in [-0.3, -0.25) is 0 Å². The van der Waals surface area contributed by atoms with Gasteiger partial charge < -0.3 is 4.42 Å². The van der Waals surface area contributed by atoms with Crippen LogP contribution in [0.25, 0.3) is 22.4 Å². The second kappa shape index (κ2) is 2.95. The summed E-state index contributed by atoms with van der Waals surface area (Å²) in [5.74, 6) is 0.820. The number of aromatic nitrogens is 3. The van der Waals surface area contributed by atoms with Crippen molar-refractivity contribution in [3.05, 3.63) is 36.6 Å². The Balaban J connectivity index is 2.36. The molecule has 0 saturated carbocycles. The summed E-state index contributed by atoms with van der Waals surface area (Å²) in [4.78, 5) is 0. The fraction of sp³-hybridized carbons (Fsp3) is 0.0909. The molecule has 3 aromatic rings. The normalized spacial score (nSPS) is 11.0. The van der Waals surface area contributed by atoms with E-state index in [0.29, 0.717) is 0 Å². The molecule has 4 heteroatoms. The lowest BCUT2D eigenvalue weighted by molar-refractivity contribution is 0.583. The van der Waals surface area contributed by atoms with Crippen LogP contribution in [-0.4, -0.2) is 15.0 Å². The first-order valence-corrected chi connectivity index (χ1v) is 4.68. The van der Waals surface area contributed by atoms with E-state index in [1.807, 2.05) is 37.4 Å². The van der Waals surface area contributed by atoms with Crippen molar-refractivity contribution in [2.75, 3.05) is 0 Å². The quantitative estimate of drug-likeness (QED) is 0.603. The number of hydrogen-bond acceptors (Lipinski definition) is 3. The van der Waals surface area contributed by atoms with Gasteiger partial charge in [-0.15, -0.1) is 5.10 Å². The summed E-state index contributed by atoms with van der Waals surface area (Å²) in [6.07, 6.45) is 1.66. The molecule has 0 unspecified atom stereocenters. The molecule has 3 rings (SSSR count). The van der Waals surface area contributed by atoms with Crippen LogP contribution in [0.1, 0.15) is 0 Å². The monoisotopic (exact) mass is 199 g/mol. The van der Waals surface area contributed by atoms with Gasteiger partial charge in [0.25, 0.3) is 0 Å². The van der Waals surface area contributed by atoms with Crippen LogP contribution >= 0.6 is 0 Å². The Bertz CT molecular complexity index is 595. The molecule has 1 aromatic carbocycles. The van der Waals surface area contributed by atoms with Crippen LogP contribution in [0.5, 0.6) is 0 Å². The van der Waals surface area contributed by atoms with E-state index in [1.165, 1.54) is 0 Å². The van der Waals surface area contributed by atoms with Crippen LogP contribution in [0.3, 0.4) is 0 Å². The van der Waals surface area contributed by atoms with Gasteiger partial charge in [0.2, 0.25) is 0 Å². The number of fused-ring (bicyclic) bond motifs is 1. The van der Waals surface area contributed by atoms with Gasteiger partial charge in [0, 0.05) is 12.6 Å². The minimum absolute atomic E-state index is 0.820. The minimum atomic E-state index is 0.820. The molecule has 0 aliphatic carbocycles. The standard InChI is InChI=1S/C11H9N3O/c1-14-9-5-2-4-8(11(9)12-13-14)10-6-3-7-15-10/h2-7H,1H3. The Morgan fingerprint density at radius 2 is 2.13 bits per heavy atom. The number of hydrogen-bond donors (Lipinski definition) is 0. The van der Waals surface area contributed by atoms with E-state index in [-0.39, 0.29) is 0 Å². The molecule has 0 fully saturated rings. The second-order valence-electron chi connectivity index (χ2n) is 3.36. The Labute approximate surface area is 86.1 Å². The van der Waals surface area contributed by atoms with Gasteiger partial charge in [-0.2, -0.15) is 0 Å². The highest BCUT2D eigenvalue weighted by Crippen LogP contribution is 2.26. The maximum absolute atomic E-state index is 5.36. The third-order valence-corrected chi connectivity index (χ3v) is 2.43. The molecule has 0 N–H and O–H groups in total. The van der Waals surface area contributed by atoms with Crippen molar-refractivity contribution < 1.29 is 4.42 Å². The topological polar surface area (TPSA) is 43.9 Å². The highest BCUT2D eigenvalue weighted by molar-refractivity contribution is 5.89. The summed E-state index contributed by atoms with van der Waals surface area (Å²) >= 11 is 0. The van der Waals surface area contributed by atoms with Crippen molar-refractivity contribution >= 4 is 11.0 Å². The third kappa shape index (κ3) is 1.15. The van der Waals surface area contributed by atoms with Gasteiger partial charge in [-0.25, -0.2) is 4.68 Å². The van der Waals surface area contributed by atoms with Crippen molar-refractivity contribution in [3.8, 4) is 11.3 Å². The molecule has 0 saturated heterocycles. The molecule has 15 heavy (non-hydrogen) atoms. The first kappa shape index (κ1) is 8.23. The maximum atomic E-state index is 5.36. The van der Waals surface area contributed by atoms with Crippen LogP contribution in [0.4, 0.5) is 0 Å². The van der Waals surface area contributed by atoms with Gasteiger partial charge in [0.15, 0.2) is 0 Å². The van der Waals surface area contributed by atoms with Gasteiger partial charge >= 0.3 is 0 Å². The maximum Gasteiger partial charge on any atom is 0.136 e. The van der Waals surface area contributed by atoms with Gasteiger partial charge in [0.05, 0.1) is 11.8 Å². The van der Waals surface area contributed by atoms with E-state index in [4.69, 9.17) is 4.42 Å². The zero-order chi connectivity index (χ0) is 10.3. The Kier molecular flexibility index (Phi) is 1.62. The summed E-state index contributed by atoms with van der Waals surface area (Å²) in [5, 5.41) is 8.12. The number of aryl methyl sites for hydroxylation is 1. The zero-order valence-electron chi connectivity index (χ0n) is 8.21. The first-order valence-electron chi connectivity index (χ1n) is 4.68. The molecular formula is C11H9N3O. The molecule has 0 aliphatic rings. The molecule has 0 radical (unpaired) electrons. The summed E-state index contributed by atoms with van der Waals surface area (Å²) in [5.41, 5.74) is 2.85. The summed E-state index contributed by atoms with van der Waals surface area (Å²) in [7, 11) is 1.88. The fourth-order valence-corrected chi connectivity index (χ4v) is 1.69. The number of furan rings is 1. The molecular weight excluding hydrogens is 190 g/mol. The highest BCUT2D eigenvalue weighted by atomic mass is 16.3. The van der Waals surface area contributed by atoms with Crippen LogP contribution in [-0.2, 0) is 7.05 Å². The van der Waals surface area contributed by atoms with E-state index in [9.17, 15) is 0 Å². The van der Waals surface area contributed by atoms with E-state index in [1.54, 1.807) is 10.9 Å². The smallest absolute Gasteiger partial charge is 0.136 e. The summed E-state index contributed by atoms with van der Waals surface area (Å²) < 4.78 is 7.11. The third-order valence-electron chi connectivity index (χ3n) is 2.43. The van der Waals surface area contributed by atoms with Gasteiger partial charge in [-0.05, 0) is 24.3 Å². The second-order valence-corrected chi connectivity index (χ2v) is 3.36. The molecule has 0 amide bonds. The zero-order valence-corrected chi connectivity index (χ0v) is 8.21. The summed E-state index contributed by atoms with van der Waals surface area (Å²) in [6.45, 7) is 0. The van der Waals surface area contributed by atoms with E-state index in [2.05, 4.69) is 10.3 Å². The number of nitrogens with zero attached hydrogens (tertiary/aromatic N) is 3. The molecule has 0 aliphatic heterocycles. The molecule has 2 aromatic heterocycles. The Morgan fingerprint density at radius 1 is 1.20 bits per heavy atom. The number of benzene rings is 1. The SMILES string of the molecule is Cn1nnc2c(-c3ccco3)cccc21. The lowest BCUT2D eigenvalue weighted by atomic mass is 10.1. The van der Waals surface area contributed by atoms with Crippen molar-refractivity contribution in [3.63, 3.8) is 0 Å². The lowest BCUT2D eigenvalue weighted by Crippen LogP contribution is -1.88. The minimum Gasteiger partial charge on any atom is -0.464 e. The van der Waals surface area contributed by atoms with Gasteiger partial charge in [-0.1, -0.05) is 11.3 Å².